The van der Waals surface area contributed by atoms with Crippen LogP contribution < -0.4 is 24.3 Å². The number of hydrogen-bond donors (Lipinski definition) is 1. The minimum absolute atomic E-state index is 0.00221. The van der Waals surface area contributed by atoms with Crippen molar-refractivity contribution >= 4 is 17.6 Å². The Morgan fingerprint density at radius 2 is 1.52 bits per heavy atom. The van der Waals surface area contributed by atoms with E-state index >= 15 is 0 Å². The quantitative estimate of drug-likeness (QED) is 0.634. The summed E-state index contributed by atoms with van der Waals surface area (Å²) >= 11 is 0. The number of amides is 1. The Morgan fingerprint density at radius 1 is 0.897 bits per heavy atom. The number of benzene rings is 2. The van der Waals surface area contributed by atoms with Crippen LogP contribution in [0.5, 0.6) is 23.0 Å². The summed E-state index contributed by atoms with van der Waals surface area (Å²) in [5.74, 6) is -0.824. The molecule has 10 heteroatoms. The molecule has 8 nitrogen and oxygen atoms in total. The summed E-state index contributed by atoms with van der Waals surface area (Å²) in [5, 5.41) is 2.55. The lowest BCUT2D eigenvalue weighted by Crippen LogP contribution is -2.21. The molecule has 0 spiro atoms. The van der Waals surface area contributed by atoms with Crippen LogP contribution in [0.15, 0.2) is 36.4 Å². The lowest BCUT2D eigenvalue weighted by molar-refractivity contribution is -0.119. The van der Waals surface area contributed by atoms with Gasteiger partial charge >= 0.3 is 12.6 Å². The summed E-state index contributed by atoms with van der Waals surface area (Å²) in [7, 11) is 4.17. The number of hydrogen-bond acceptors (Lipinski definition) is 7. The van der Waals surface area contributed by atoms with Gasteiger partial charge in [0.25, 0.3) is 5.91 Å². The van der Waals surface area contributed by atoms with Crippen LogP contribution in [0.25, 0.3) is 0 Å². The van der Waals surface area contributed by atoms with Gasteiger partial charge in [0, 0.05) is 11.8 Å². The predicted molar refractivity (Wildman–Crippen MR) is 98.1 cm³/mol. The Kier molecular flexibility index (Phi) is 7.58. The van der Waals surface area contributed by atoms with Crippen molar-refractivity contribution in [1.29, 1.82) is 0 Å². The number of anilines is 1. The lowest BCUT2D eigenvalue weighted by atomic mass is 10.2. The molecule has 0 aromatic heterocycles. The first-order valence-electron chi connectivity index (χ1n) is 8.19. The standard InChI is InChI=1S/C19H19F2NO7/c1-25-13-7-5-12(9-16(13)27-3)22-17(23)10-28-18(24)11-4-6-14(29-19(20)21)15(8-11)26-2/h4-9,19H,10H2,1-3H3,(H,22,23). The summed E-state index contributed by atoms with van der Waals surface area (Å²) in [6.07, 6.45) is 0. The van der Waals surface area contributed by atoms with Crippen molar-refractivity contribution in [3.8, 4) is 23.0 Å². The normalized spacial score (nSPS) is 10.3. The molecule has 0 aliphatic rings. The molecule has 0 atom stereocenters. The molecule has 0 aliphatic heterocycles. The average Bonchev–Trinajstić information content (AvgIpc) is 2.71. The average molecular weight is 411 g/mol. The van der Waals surface area contributed by atoms with E-state index in [1.165, 1.54) is 33.5 Å². The second-order valence-electron chi connectivity index (χ2n) is 5.44. The van der Waals surface area contributed by atoms with E-state index in [1.54, 1.807) is 18.2 Å². The zero-order valence-electron chi connectivity index (χ0n) is 15.9. The van der Waals surface area contributed by atoms with Gasteiger partial charge in [-0.15, -0.1) is 0 Å². The molecule has 0 unspecified atom stereocenters. The number of ether oxygens (including phenoxy) is 5. The summed E-state index contributed by atoms with van der Waals surface area (Å²) in [4.78, 5) is 24.1. The number of carbonyl (C=O) groups excluding carboxylic acids is 2. The Morgan fingerprint density at radius 3 is 2.14 bits per heavy atom. The van der Waals surface area contributed by atoms with Crippen molar-refractivity contribution in [2.45, 2.75) is 6.61 Å². The molecule has 2 rings (SSSR count). The molecule has 156 valence electrons. The lowest BCUT2D eigenvalue weighted by Gasteiger charge is -2.12. The van der Waals surface area contributed by atoms with Crippen LogP contribution in [0.2, 0.25) is 0 Å². The van der Waals surface area contributed by atoms with Crippen molar-refractivity contribution < 1.29 is 42.1 Å². The van der Waals surface area contributed by atoms with E-state index in [1.807, 2.05) is 0 Å². The van der Waals surface area contributed by atoms with Gasteiger partial charge in [-0.05, 0) is 30.3 Å². The smallest absolute Gasteiger partial charge is 0.387 e. The zero-order valence-corrected chi connectivity index (χ0v) is 15.9. The number of carbonyl (C=O) groups is 2. The molecule has 1 N–H and O–H groups in total. The number of rotatable bonds is 9. The van der Waals surface area contributed by atoms with E-state index < -0.39 is 25.1 Å². The maximum Gasteiger partial charge on any atom is 0.387 e. The highest BCUT2D eigenvalue weighted by Crippen LogP contribution is 2.30. The van der Waals surface area contributed by atoms with Crippen LogP contribution in [0.4, 0.5) is 14.5 Å². The van der Waals surface area contributed by atoms with Crippen LogP contribution >= 0.6 is 0 Å². The summed E-state index contributed by atoms with van der Waals surface area (Å²) < 4.78 is 49.1. The van der Waals surface area contributed by atoms with E-state index in [0.717, 1.165) is 6.07 Å². The van der Waals surface area contributed by atoms with Crippen LogP contribution in [-0.4, -0.2) is 46.4 Å². The summed E-state index contributed by atoms with van der Waals surface area (Å²) in [6.45, 7) is -3.60. The molecular weight excluding hydrogens is 392 g/mol. The maximum atomic E-state index is 12.3. The van der Waals surface area contributed by atoms with Crippen LogP contribution in [0.3, 0.4) is 0 Å². The molecule has 2 aromatic carbocycles. The Bertz CT molecular complexity index is 874. The fourth-order valence-corrected chi connectivity index (χ4v) is 2.31. The number of nitrogens with one attached hydrogen (secondary N) is 1. The van der Waals surface area contributed by atoms with Gasteiger partial charge in [-0.25, -0.2) is 4.79 Å². The third-order valence-corrected chi connectivity index (χ3v) is 3.62. The van der Waals surface area contributed by atoms with Crippen LogP contribution in [0.1, 0.15) is 10.4 Å². The highest BCUT2D eigenvalue weighted by molar-refractivity contribution is 5.96. The molecule has 1 amide bonds. The molecule has 0 radical (unpaired) electrons. The Labute approximate surface area is 165 Å². The van der Waals surface area contributed by atoms with E-state index in [-0.39, 0.29) is 17.1 Å². The number of halogens is 2. The number of alkyl halides is 2. The van der Waals surface area contributed by atoms with Gasteiger partial charge in [-0.3, -0.25) is 4.79 Å². The molecule has 0 bridgehead atoms. The van der Waals surface area contributed by atoms with Gasteiger partial charge in [-0.2, -0.15) is 8.78 Å². The largest absolute Gasteiger partial charge is 0.493 e. The van der Waals surface area contributed by atoms with Gasteiger partial charge < -0.3 is 29.0 Å². The molecule has 29 heavy (non-hydrogen) atoms. The molecule has 2 aromatic rings. The van der Waals surface area contributed by atoms with E-state index in [0.29, 0.717) is 17.2 Å². The highest BCUT2D eigenvalue weighted by Gasteiger charge is 2.16. The van der Waals surface area contributed by atoms with Crippen molar-refractivity contribution in [2.75, 3.05) is 33.3 Å². The van der Waals surface area contributed by atoms with Crippen molar-refractivity contribution in [1.82, 2.24) is 0 Å². The first kappa shape index (κ1) is 21.7. The third kappa shape index (κ3) is 5.96. The van der Waals surface area contributed by atoms with Gasteiger partial charge in [0.05, 0.1) is 26.9 Å². The molecule has 0 saturated carbocycles. The van der Waals surface area contributed by atoms with E-state index in [9.17, 15) is 18.4 Å². The molecule has 0 fully saturated rings. The van der Waals surface area contributed by atoms with Crippen molar-refractivity contribution in [3.63, 3.8) is 0 Å². The van der Waals surface area contributed by atoms with Gasteiger partial charge in [0.2, 0.25) is 0 Å². The first-order chi connectivity index (χ1) is 13.9. The first-order valence-corrected chi connectivity index (χ1v) is 8.19. The zero-order chi connectivity index (χ0) is 21.4. The predicted octanol–water partition coefficient (Wildman–Crippen LogP) is 3.11. The molecule has 0 saturated heterocycles. The summed E-state index contributed by atoms with van der Waals surface area (Å²) in [5.41, 5.74) is 0.418. The minimum atomic E-state index is -3.04. The van der Waals surface area contributed by atoms with E-state index in [2.05, 4.69) is 10.1 Å². The van der Waals surface area contributed by atoms with Gasteiger partial charge in [0.1, 0.15) is 0 Å². The maximum absolute atomic E-state index is 12.3. The number of methoxy groups -OCH3 is 3. The monoisotopic (exact) mass is 411 g/mol. The summed E-state index contributed by atoms with van der Waals surface area (Å²) in [6, 6.07) is 8.28. The Hall–Kier alpha value is -3.56. The molecular formula is C19H19F2NO7. The van der Waals surface area contributed by atoms with Crippen molar-refractivity contribution in [3.05, 3.63) is 42.0 Å². The second kappa shape index (κ2) is 10.1. The second-order valence-corrected chi connectivity index (χ2v) is 5.44. The SMILES string of the molecule is COc1ccc(NC(=O)COC(=O)c2ccc(OC(F)F)c(OC)c2)cc1OC. The topological polar surface area (TPSA) is 92.3 Å². The highest BCUT2D eigenvalue weighted by atomic mass is 19.3. The van der Waals surface area contributed by atoms with Gasteiger partial charge in [0.15, 0.2) is 29.6 Å². The van der Waals surface area contributed by atoms with Gasteiger partial charge in [-0.1, -0.05) is 0 Å². The van der Waals surface area contributed by atoms with E-state index in [4.69, 9.17) is 18.9 Å². The molecule has 0 aliphatic carbocycles. The Balaban J connectivity index is 1.97. The minimum Gasteiger partial charge on any atom is -0.493 e. The fourth-order valence-electron chi connectivity index (χ4n) is 2.31. The number of esters is 1. The fraction of sp³-hybridized carbons (Fsp3) is 0.263. The molecule has 0 heterocycles. The van der Waals surface area contributed by atoms with Crippen molar-refractivity contribution in [2.24, 2.45) is 0 Å². The van der Waals surface area contributed by atoms with Crippen LogP contribution in [0, 0.1) is 0 Å². The van der Waals surface area contributed by atoms with Crippen LogP contribution in [-0.2, 0) is 9.53 Å². The third-order valence-electron chi connectivity index (χ3n) is 3.62.